The van der Waals surface area contributed by atoms with Gasteiger partial charge in [-0.25, -0.2) is 8.42 Å². The molecule has 6 nitrogen and oxygen atoms in total. The van der Waals surface area contributed by atoms with Crippen LogP contribution in [0.2, 0.25) is 0 Å². The van der Waals surface area contributed by atoms with Crippen LogP contribution in [0.4, 0.5) is 0 Å². The molecule has 0 aromatic heterocycles. The molecule has 2 aromatic carbocycles. The lowest BCUT2D eigenvalue weighted by atomic mass is 9.96. The highest BCUT2D eigenvalue weighted by Crippen LogP contribution is 2.43. The number of hydroxylamine groups is 3. The van der Waals surface area contributed by atoms with Crippen LogP contribution in [0.1, 0.15) is 23.6 Å². The van der Waals surface area contributed by atoms with Crippen molar-refractivity contribution in [3.63, 3.8) is 0 Å². The first-order valence-electron chi connectivity index (χ1n) is 10.3. The van der Waals surface area contributed by atoms with Gasteiger partial charge in [-0.05, 0) is 41.8 Å². The lowest BCUT2D eigenvalue weighted by molar-refractivity contribution is -0.885. The Labute approximate surface area is 182 Å². The van der Waals surface area contributed by atoms with Crippen LogP contribution in [-0.2, 0) is 16.3 Å². The summed E-state index contributed by atoms with van der Waals surface area (Å²) in [6.07, 6.45) is 2.56. The molecule has 2 aromatic rings. The zero-order chi connectivity index (χ0) is 21.4. The van der Waals surface area contributed by atoms with Crippen molar-refractivity contribution in [1.29, 1.82) is 0 Å². The van der Waals surface area contributed by atoms with E-state index in [1.807, 2.05) is 24.3 Å². The van der Waals surface area contributed by atoms with Crippen molar-refractivity contribution in [2.45, 2.75) is 33.6 Å². The SMILES string of the molecule is CS(=O)(=O)c1ccc2c(c1)C(N1CC[N+]([O-])(CCCO)CC1)Cc1ccccc1S2. The lowest BCUT2D eigenvalue weighted by Gasteiger charge is -2.50. The van der Waals surface area contributed by atoms with Crippen molar-refractivity contribution in [1.82, 2.24) is 4.90 Å². The van der Waals surface area contributed by atoms with Crippen molar-refractivity contribution in [3.05, 3.63) is 58.8 Å². The molecule has 1 unspecified atom stereocenters. The van der Waals surface area contributed by atoms with Gasteiger partial charge in [0.05, 0.1) is 24.5 Å². The third-order valence-corrected chi connectivity index (χ3v) is 8.45. The molecule has 1 fully saturated rings. The second kappa shape index (κ2) is 8.61. The van der Waals surface area contributed by atoms with E-state index in [2.05, 4.69) is 17.0 Å². The summed E-state index contributed by atoms with van der Waals surface area (Å²) in [6, 6.07) is 13.8. The highest BCUT2D eigenvalue weighted by molar-refractivity contribution is 7.99. The molecular weight excluding hydrogens is 420 g/mol. The van der Waals surface area contributed by atoms with Crippen LogP contribution in [0, 0.1) is 5.21 Å². The van der Waals surface area contributed by atoms with Crippen LogP contribution in [-0.4, -0.2) is 68.7 Å². The number of hydrogen-bond donors (Lipinski definition) is 1. The van der Waals surface area contributed by atoms with Gasteiger partial charge in [-0.3, -0.25) is 4.90 Å². The number of nitrogens with zero attached hydrogens (tertiary/aromatic N) is 2. The molecule has 0 saturated carbocycles. The number of hydrogen-bond acceptors (Lipinski definition) is 6. The highest BCUT2D eigenvalue weighted by Gasteiger charge is 2.33. The quantitative estimate of drug-likeness (QED) is 0.560. The summed E-state index contributed by atoms with van der Waals surface area (Å²) in [7, 11) is -3.30. The van der Waals surface area contributed by atoms with Crippen molar-refractivity contribution in [2.75, 3.05) is 45.6 Å². The fourth-order valence-corrected chi connectivity index (χ4v) is 6.16. The minimum absolute atomic E-state index is 0.0319. The Morgan fingerprint density at radius 2 is 1.90 bits per heavy atom. The zero-order valence-corrected chi connectivity index (χ0v) is 18.8. The molecule has 1 atom stereocenters. The van der Waals surface area contributed by atoms with Crippen LogP contribution >= 0.6 is 11.8 Å². The predicted octanol–water partition coefficient (Wildman–Crippen LogP) is 2.85. The molecular formula is C22H28N2O4S2. The number of rotatable bonds is 5. The average Bonchev–Trinajstić information content (AvgIpc) is 2.88. The molecule has 30 heavy (non-hydrogen) atoms. The highest BCUT2D eigenvalue weighted by atomic mass is 32.2. The molecule has 2 aliphatic heterocycles. The molecule has 4 rings (SSSR count). The van der Waals surface area contributed by atoms with Crippen molar-refractivity contribution in [3.8, 4) is 0 Å². The molecule has 2 aliphatic rings. The number of benzene rings is 2. The summed E-state index contributed by atoms with van der Waals surface area (Å²) in [5.41, 5.74) is 2.28. The second-order valence-corrected chi connectivity index (χ2v) is 11.3. The molecule has 8 heteroatoms. The van der Waals surface area contributed by atoms with Crippen LogP contribution in [0.3, 0.4) is 0 Å². The molecule has 0 amide bonds. The third kappa shape index (κ3) is 4.59. The summed E-state index contributed by atoms with van der Waals surface area (Å²) in [5, 5.41) is 22.0. The fourth-order valence-electron chi connectivity index (χ4n) is 4.38. The molecule has 2 heterocycles. The minimum atomic E-state index is -3.30. The van der Waals surface area contributed by atoms with E-state index in [1.165, 1.54) is 16.7 Å². The van der Waals surface area contributed by atoms with Gasteiger partial charge in [0, 0.05) is 48.2 Å². The van der Waals surface area contributed by atoms with Crippen LogP contribution < -0.4 is 0 Å². The molecule has 1 N–H and O–H groups in total. The van der Waals surface area contributed by atoms with E-state index in [1.54, 1.807) is 17.8 Å². The molecule has 162 valence electrons. The Morgan fingerprint density at radius 1 is 1.17 bits per heavy atom. The van der Waals surface area contributed by atoms with Gasteiger partial charge in [0.25, 0.3) is 0 Å². The molecule has 0 bridgehead atoms. The van der Waals surface area contributed by atoms with Crippen LogP contribution in [0.5, 0.6) is 0 Å². The maximum absolute atomic E-state index is 12.9. The zero-order valence-electron chi connectivity index (χ0n) is 17.2. The molecule has 0 spiro atoms. The Bertz CT molecular complexity index is 1020. The van der Waals surface area contributed by atoms with E-state index >= 15 is 0 Å². The third-order valence-electron chi connectivity index (χ3n) is 6.13. The Kier molecular flexibility index (Phi) is 6.25. The number of quaternary nitrogens is 1. The van der Waals surface area contributed by atoms with E-state index < -0.39 is 9.84 Å². The molecule has 1 saturated heterocycles. The van der Waals surface area contributed by atoms with Crippen LogP contribution in [0.25, 0.3) is 0 Å². The first-order chi connectivity index (χ1) is 14.3. The summed E-state index contributed by atoms with van der Waals surface area (Å²) < 4.78 is 24.2. The van der Waals surface area contributed by atoms with E-state index in [0.717, 1.165) is 16.9 Å². The molecule has 0 aliphatic carbocycles. The van der Waals surface area contributed by atoms with Crippen LogP contribution in [0.15, 0.2) is 57.2 Å². The average molecular weight is 449 g/mol. The lowest BCUT2D eigenvalue weighted by Crippen LogP contribution is -2.57. The summed E-state index contributed by atoms with van der Waals surface area (Å²) in [5.74, 6) is 0. The normalized spacial score (nSPS) is 21.5. The summed E-state index contributed by atoms with van der Waals surface area (Å²) in [6.45, 7) is 2.80. The number of piperazine rings is 1. The Balaban J connectivity index is 1.68. The number of sulfone groups is 1. The summed E-state index contributed by atoms with van der Waals surface area (Å²) in [4.78, 5) is 4.95. The maximum atomic E-state index is 12.9. The van der Waals surface area contributed by atoms with Gasteiger partial charge in [0.2, 0.25) is 0 Å². The minimum Gasteiger partial charge on any atom is -0.633 e. The van der Waals surface area contributed by atoms with Gasteiger partial charge < -0.3 is 15.0 Å². The first-order valence-corrected chi connectivity index (χ1v) is 13.0. The first kappa shape index (κ1) is 21.8. The maximum Gasteiger partial charge on any atom is 0.175 e. The Hall–Kier alpha value is -1.42. The topological polar surface area (TPSA) is 80.7 Å². The van der Waals surface area contributed by atoms with Crippen molar-refractivity contribution in [2.24, 2.45) is 0 Å². The fraction of sp³-hybridized carbons (Fsp3) is 0.455. The van der Waals surface area contributed by atoms with Gasteiger partial charge in [-0.15, -0.1) is 0 Å². The van der Waals surface area contributed by atoms with E-state index in [0.29, 0.717) is 44.0 Å². The molecule has 0 radical (unpaired) electrons. The smallest absolute Gasteiger partial charge is 0.175 e. The second-order valence-electron chi connectivity index (χ2n) is 8.24. The standard InChI is InChI=1S/C22H28N2O4S2/c1-30(27,28)18-7-8-22-19(16-18)20(15-17-5-2-3-6-21(17)29-22)23-9-12-24(26,13-10-23)11-4-14-25/h2-3,5-8,16,20,25H,4,9-15H2,1H3. The summed E-state index contributed by atoms with van der Waals surface area (Å²) >= 11 is 1.69. The Morgan fingerprint density at radius 3 is 2.60 bits per heavy atom. The van der Waals surface area contributed by atoms with Gasteiger partial charge in [0.1, 0.15) is 0 Å². The predicted molar refractivity (Wildman–Crippen MR) is 118 cm³/mol. The number of aliphatic hydroxyl groups excluding tert-OH is 1. The van der Waals surface area contributed by atoms with E-state index in [9.17, 15) is 13.6 Å². The number of fused-ring (bicyclic) bond motifs is 2. The van der Waals surface area contributed by atoms with Gasteiger partial charge in [-0.1, -0.05) is 30.0 Å². The monoisotopic (exact) mass is 448 g/mol. The van der Waals surface area contributed by atoms with Gasteiger partial charge >= 0.3 is 0 Å². The van der Waals surface area contributed by atoms with Gasteiger partial charge in [-0.2, -0.15) is 0 Å². The van der Waals surface area contributed by atoms with E-state index in [4.69, 9.17) is 5.11 Å². The largest absolute Gasteiger partial charge is 0.633 e. The van der Waals surface area contributed by atoms with Crippen molar-refractivity contribution >= 4 is 21.6 Å². The number of aliphatic hydroxyl groups is 1. The van der Waals surface area contributed by atoms with Crippen molar-refractivity contribution < 1.29 is 18.2 Å². The van der Waals surface area contributed by atoms with Gasteiger partial charge in [0.15, 0.2) is 9.84 Å². The van der Waals surface area contributed by atoms with E-state index in [-0.39, 0.29) is 17.3 Å².